The average molecular weight is 352 g/mol. The molecule has 4 aromatic rings. The number of nitrogens with zero attached hydrogens (tertiary/aromatic N) is 5. The third-order valence-electron chi connectivity index (χ3n) is 3.63. The molecule has 9 heteroatoms. The molecule has 4 rings (SSSR count). The highest BCUT2D eigenvalue weighted by molar-refractivity contribution is 7.16. The van der Waals surface area contributed by atoms with Crippen LogP contribution in [-0.2, 0) is 0 Å². The molecule has 8 nitrogen and oxygen atoms in total. The zero-order chi connectivity index (χ0) is 17.4. The standard InChI is InChI=1S/C16H12N6O2S/c1-10-19-15-12(5-8-25-15)16(24)22(10)20-14(23)11-3-4-13(17-9-11)21-7-2-6-18-21/h2-9H,1H3,(H,20,23). The normalized spacial score (nSPS) is 10.9. The first-order valence-electron chi connectivity index (χ1n) is 7.38. The molecule has 1 N–H and O–H groups in total. The first-order valence-corrected chi connectivity index (χ1v) is 8.26. The third kappa shape index (κ3) is 2.70. The van der Waals surface area contributed by atoms with Crippen LogP contribution in [0.3, 0.4) is 0 Å². The van der Waals surface area contributed by atoms with Crippen molar-refractivity contribution in [1.82, 2.24) is 24.4 Å². The van der Waals surface area contributed by atoms with Gasteiger partial charge in [0.2, 0.25) is 0 Å². The molecule has 0 saturated heterocycles. The summed E-state index contributed by atoms with van der Waals surface area (Å²) in [6.45, 7) is 1.67. The monoisotopic (exact) mass is 352 g/mol. The molecule has 0 fully saturated rings. The van der Waals surface area contributed by atoms with Gasteiger partial charge in [0.1, 0.15) is 10.7 Å². The van der Waals surface area contributed by atoms with Gasteiger partial charge in [-0.15, -0.1) is 11.3 Å². The minimum Gasteiger partial charge on any atom is -0.267 e. The number of nitrogens with one attached hydrogen (secondary N) is 1. The molecule has 0 bridgehead atoms. The number of amides is 1. The van der Waals surface area contributed by atoms with Crippen LogP contribution in [0, 0.1) is 6.92 Å². The number of thiophene rings is 1. The lowest BCUT2D eigenvalue weighted by Gasteiger charge is -2.11. The van der Waals surface area contributed by atoms with Gasteiger partial charge in [0, 0.05) is 18.6 Å². The first-order chi connectivity index (χ1) is 12.1. The van der Waals surface area contributed by atoms with E-state index in [2.05, 4.69) is 20.5 Å². The van der Waals surface area contributed by atoms with Gasteiger partial charge < -0.3 is 0 Å². The molecule has 1 amide bonds. The molecule has 0 aliphatic rings. The number of pyridine rings is 1. The van der Waals surface area contributed by atoms with Gasteiger partial charge in [-0.25, -0.2) is 19.3 Å². The second kappa shape index (κ2) is 5.95. The Balaban J connectivity index is 1.63. The van der Waals surface area contributed by atoms with Crippen LogP contribution in [0.2, 0.25) is 0 Å². The Bertz CT molecular complexity index is 1110. The van der Waals surface area contributed by atoms with E-state index in [0.29, 0.717) is 27.4 Å². The maximum absolute atomic E-state index is 12.5. The molecule has 0 saturated carbocycles. The molecule has 25 heavy (non-hydrogen) atoms. The Morgan fingerprint density at radius 3 is 2.88 bits per heavy atom. The number of rotatable bonds is 3. The van der Waals surface area contributed by atoms with Gasteiger partial charge in [0.25, 0.3) is 11.5 Å². The number of aromatic nitrogens is 5. The van der Waals surface area contributed by atoms with Crippen LogP contribution in [0.4, 0.5) is 0 Å². The third-order valence-corrected chi connectivity index (χ3v) is 4.43. The number of fused-ring (bicyclic) bond motifs is 1. The quantitative estimate of drug-likeness (QED) is 0.606. The fourth-order valence-electron chi connectivity index (χ4n) is 2.37. The molecule has 0 aliphatic heterocycles. The van der Waals surface area contributed by atoms with Crippen molar-refractivity contribution in [3.63, 3.8) is 0 Å². The van der Waals surface area contributed by atoms with E-state index in [1.54, 1.807) is 53.6 Å². The van der Waals surface area contributed by atoms with E-state index in [0.717, 1.165) is 4.68 Å². The van der Waals surface area contributed by atoms with Crippen molar-refractivity contribution in [1.29, 1.82) is 0 Å². The zero-order valence-electron chi connectivity index (χ0n) is 13.1. The van der Waals surface area contributed by atoms with Gasteiger partial charge in [-0.05, 0) is 36.6 Å². The van der Waals surface area contributed by atoms with Gasteiger partial charge in [-0.2, -0.15) is 5.10 Å². The highest BCUT2D eigenvalue weighted by Crippen LogP contribution is 2.14. The SMILES string of the molecule is Cc1nc2sccc2c(=O)n1NC(=O)c1ccc(-n2cccn2)nc1. The minimum absolute atomic E-state index is 0.307. The molecule has 4 aromatic heterocycles. The second-order valence-corrected chi connectivity index (χ2v) is 6.13. The summed E-state index contributed by atoms with van der Waals surface area (Å²) in [6.07, 6.45) is 4.83. The van der Waals surface area contributed by atoms with Crippen molar-refractivity contribution < 1.29 is 4.79 Å². The van der Waals surface area contributed by atoms with Crippen LogP contribution >= 0.6 is 11.3 Å². The van der Waals surface area contributed by atoms with Crippen molar-refractivity contribution in [2.45, 2.75) is 6.92 Å². The Labute approximate surface area is 145 Å². The van der Waals surface area contributed by atoms with Crippen molar-refractivity contribution in [2.24, 2.45) is 0 Å². The number of carbonyl (C=O) groups excluding carboxylic acids is 1. The molecule has 124 valence electrons. The molecule has 0 atom stereocenters. The fourth-order valence-corrected chi connectivity index (χ4v) is 3.17. The van der Waals surface area contributed by atoms with Gasteiger partial charge in [-0.3, -0.25) is 15.0 Å². The lowest BCUT2D eigenvalue weighted by atomic mass is 10.3. The van der Waals surface area contributed by atoms with E-state index >= 15 is 0 Å². The number of aryl methyl sites for hydroxylation is 1. The van der Waals surface area contributed by atoms with Crippen LogP contribution in [-0.4, -0.2) is 30.3 Å². The molecule has 4 heterocycles. The Hall–Kier alpha value is -3.33. The summed E-state index contributed by atoms with van der Waals surface area (Å²) >= 11 is 1.38. The average Bonchev–Trinajstić information content (AvgIpc) is 3.30. The van der Waals surface area contributed by atoms with E-state index in [1.807, 2.05) is 0 Å². The van der Waals surface area contributed by atoms with Crippen LogP contribution in [0.1, 0.15) is 16.2 Å². The highest BCUT2D eigenvalue weighted by Gasteiger charge is 2.13. The smallest absolute Gasteiger partial charge is 0.267 e. The van der Waals surface area contributed by atoms with E-state index in [1.165, 1.54) is 17.5 Å². The molecule has 0 unspecified atom stereocenters. The fraction of sp³-hybridized carbons (Fsp3) is 0.0625. The van der Waals surface area contributed by atoms with E-state index in [9.17, 15) is 9.59 Å². The molecular weight excluding hydrogens is 340 g/mol. The summed E-state index contributed by atoms with van der Waals surface area (Å²) in [6, 6.07) is 6.77. The largest absolute Gasteiger partial charge is 0.281 e. The molecular formula is C16H12N6O2S. The first kappa shape index (κ1) is 15.2. The topological polar surface area (TPSA) is 94.7 Å². The summed E-state index contributed by atoms with van der Waals surface area (Å²) in [7, 11) is 0. The number of hydrogen-bond donors (Lipinski definition) is 1. The Kier molecular flexibility index (Phi) is 3.62. The summed E-state index contributed by atoms with van der Waals surface area (Å²) < 4.78 is 2.74. The zero-order valence-corrected chi connectivity index (χ0v) is 13.9. The molecule has 0 spiro atoms. The Morgan fingerprint density at radius 2 is 2.16 bits per heavy atom. The van der Waals surface area contributed by atoms with Crippen LogP contribution < -0.4 is 11.0 Å². The maximum Gasteiger partial charge on any atom is 0.281 e. The van der Waals surface area contributed by atoms with Crippen molar-refractivity contribution in [3.05, 3.63) is 70.0 Å². The van der Waals surface area contributed by atoms with Gasteiger partial charge in [-0.1, -0.05) is 0 Å². The minimum atomic E-state index is -0.443. The van der Waals surface area contributed by atoms with Crippen molar-refractivity contribution in [2.75, 3.05) is 5.43 Å². The highest BCUT2D eigenvalue weighted by atomic mass is 32.1. The van der Waals surface area contributed by atoms with Crippen molar-refractivity contribution in [3.8, 4) is 5.82 Å². The summed E-state index contributed by atoms with van der Waals surface area (Å²) in [5.41, 5.74) is 2.60. The van der Waals surface area contributed by atoms with Crippen LogP contribution in [0.5, 0.6) is 0 Å². The van der Waals surface area contributed by atoms with Crippen molar-refractivity contribution >= 4 is 27.5 Å². The van der Waals surface area contributed by atoms with Crippen LogP contribution in [0.15, 0.2) is 53.0 Å². The van der Waals surface area contributed by atoms with Gasteiger partial charge >= 0.3 is 0 Å². The number of carbonyl (C=O) groups is 1. The van der Waals surface area contributed by atoms with E-state index in [4.69, 9.17) is 0 Å². The lowest BCUT2D eigenvalue weighted by molar-refractivity contribution is 0.101. The van der Waals surface area contributed by atoms with E-state index < -0.39 is 5.91 Å². The number of hydrogen-bond acceptors (Lipinski definition) is 6. The van der Waals surface area contributed by atoms with E-state index in [-0.39, 0.29) is 5.56 Å². The maximum atomic E-state index is 12.5. The lowest BCUT2D eigenvalue weighted by Crippen LogP contribution is -2.35. The second-order valence-electron chi connectivity index (χ2n) is 5.24. The summed E-state index contributed by atoms with van der Waals surface area (Å²) in [5, 5.41) is 6.35. The molecule has 0 radical (unpaired) electrons. The predicted octanol–water partition coefficient (Wildman–Crippen LogP) is 1.73. The predicted molar refractivity (Wildman–Crippen MR) is 93.7 cm³/mol. The molecule has 0 aromatic carbocycles. The summed E-state index contributed by atoms with van der Waals surface area (Å²) in [4.78, 5) is 34.1. The van der Waals surface area contributed by atoms with Gasteiger partial charge in [0.05, 0.1) is 10.9 Å². The Morgan fingerprint density at radius 1 is 1.28 bits per heavy atom. The summed E-state index contributed by atoms with van der Waals surface area (Å²) in [5.74, 6) is 0.562. The van der Waals surface area contributed by atoms with Crippen LogP contribution in [0.25, 0.3) is 16.0 Å². The van der Waals surface area contributed by atoms with Gasteiger partial charge in [0.15, 0.2) is 5.82 Å². The molecule has 0 aliphatic carbocycles.